The third-order valence-corrected chi connectivity index (χ3v) is 2.57. The van der Waals surface area contributed by atoms with E-state index in [0.717, 1.165) is 17.3 Å². The van der Waals surface area contributed by atoms with Crippen molar-refractivity contribution in [2.24, 2.45) is 0 Å². The highest BCUT2D eigenvalue weighted by Crippen LogP contribution is 2.23. The van der Waals surface area contributed by atoms with Crippen LogP contribution in [0.5, 0.6) is 0 Å². The summed E-state index contributed by atoms with van der Waals surface area (Å²) in [6, 6.07) is 7.99. The Morgan fingerprint density at radius 1 is 1.36 bits per heavy atom. The second-order valence-corrected chi connectivity index (χ2v) is 3.61. The minimum Gasteiger partial charge on any atom is -0.396 e. The molecule has 0 aliphatic heterocycles. The molecule has 0 bridgehead atoms. The zero-order valence-corrected chi connectivity index (χ0v) is 8.67. The molecule has 2 rings (SSSR count). The molecule has 0 amide bonds. The maximum absolute atomic E-state index is 5.83. The van der Waals surface area contributed by atoms with E-state index < -0.39 is 0 Å². The number of nitrogens with two attached hydrogens (primary N) is 1. The van der Waals surface area contributed by atoms with Gasteiger partial charge in [0.05, 0.1) is 11.2 Å². The molecule has 0 aliphatic rings. The summed E-state index contributed by atoms with van der Waals surface area (Å²) in [6.07, 6.45) is 1.01. The third kappa shape index (κ3) is 1.53. The lowest BCUT2D eigenvalue weighted by Gasteiger charge is -2.03. The average Bonchev–Trinajstić information content (AvgIpc) is 2.19. The fourth-order valence-electron chi connectivity index (χ4n) is 1.44. The van der Waals surface area contributed by atoms with Gasteiger partial charge < -0.3 is 5.73 Å². The van der Waals surface area contributed by atoms with Crippen molar-refractivity contribution in [2.75, 3.05) is 5.73 Å². The van der Waals surface area contributed by atoms with Crippen LogP contribution in [0.3, 0.4) is 0 Å². The maximum Gasteiger partial charge on any atom is 0.152 e. The van der Waals surface area contributed by atoms with Gasteiger partial charge >= 0.3 is 0 Å². The largest absolute Gasteiger partial charge is 0.396 e. The van der Waals surface area contributed by atoms with Crippen LogP contribution in [0, 0.1) is 0 Å². The lowest BCUT2D eigenvalue weighted by Crippen LogP contribution is -1.90. The van der Waals surface area contributed by atoms with Crippen LogP contribution < -0.4 is 5.73 Å². The first-order valence-electron chi connectivity index (χ1n) is 4.55. The van der Waals surface area contributed by atoms with Gasteiger partial charge in [-0.1, -0.05) is 24.6 Å². The van der Waals surface area contributed by atoms with Gasteiger partial charge in [-0.15, -0.1) is 0 Å². The van der Waals surface area contributed by atoms with Crippen molar-refractivity contribution < 1.29 is 0 Å². The second-order valence-electron chi connectivity index (χ2n) is 3.25. The number of hydrogen-bond donors (Lipinski definition) is 1. The number of rotatable bonds is 1. The van der Waals surface area contributed by atoms with Gasteiger partial charge in [-0.3, -0.25) is 0 Å². The second kappa shape index (κ2) is 3.46. The fraction of sp³-hybridized carbons (Fsp3) is 0.182. The first-order chi connectivity index (χ1) is 6.70. The van der Waals surface area contributed by atoms with Gasteiger partial charge in [0.2, 0.25) is 0 Å². The Morgan fingerprint density at radius 3 is 2.86 bits per heavy atom. The zero-order chi connectivity index (χ0) is 10.1. The van der Waals surface area contributed by atoms with Crippen LogP contribution in [0.25, 0.3) is 10.9 Å². The van der Waals surface area contributed by atoms with Crippen LogP contribution in [0.4, 0.5) is 5.69 Å². The zero-order valence-electron chi connectivity index (χ0n) is 7.92. The lowest BCUT2D eigenvalue weighted by atomic mass is 10.1. The number of fused-ring (bicyclic) bond motifs is 1. The van der Waals surface area contributed by atoms with E-state index in [1.165, 1.54) is 5.56 Å². The van der Waals surface area contributed by atoms with Crippen LogP contribution in [-0.4, -0.2) is 4.98 Å². The number of anilines is 1. The molecule has 0 atom stereocenters. The Hall–Kier alpha value is -1.28. The van der Waals surface area contributed by atoms with Gasteiger partial charge in [-0.2, -0.15) is 0 Å². The predicted octanol–water partition coefficient (Wildman–Crippen LogP) is 3.03. The minimum atomic E-state index is 0.377. The molecule has 72 valence electrons. The minimum absolute atomic E-state index is 0.377. The smallest absolute Gasteiger partial charge is 0.152 e. The van der Waals surface area contributed by atoms with Crippen LogP contribution in [0.2, 0.25) is 5.15 Å². The summed E-state index contributed by atoms with van der Waals surface area (Å²) >= 11 is 5.83. The van der Waals surface area contributed by atoms with Crippen molar-refractivity contribution in [1.82, 2.24) is 4.98 Å². The first-order valence-corrected chi connectivity index (χ1v) is 4.93. The summed E-state index contributed by atoms with van der Waals surface area (Å²) in [4.78, 5) is 4.19. The van der Waals surface area contributed by atoms with Crippen molar-refractivity contribution >= 4 is 28.2 Å². The number of benzene rings is 1. The number of hydrogen-bond acceptors (Lipinski definition) is 2. The number of aryl methyl sites for hydroxylation is 1. The molecule has 0 saturated heterocycles. The predicted molar refractivity (Wildman–Crippen MR) is 60.5 cm³/mol. The maximum atomic E-state index is 5.83. The molecule has 0 spiro atoms. The highest BCUT2D eigenvalue weighted by Gasteiger charge is 2.01. The van der Waals surface area contributed by atoms with Gasteiger partial charge in [-0.05, 0) is 30.2 Å². The summed E-state index contributed by atoms with van der Waals surface area (Å²) in [7, 11) is 0. The van der Waals surface area contributed by atoms with Gasteiger partial charge in [0, 0.05) is 5.39 Å². The summed E-state index contributed by atoms with van der Waals surface area (Å²) in [5.41, 5.74) is 8.39. The molecule has 14 heavy (non-hydrogen) atoms. The normalized spacial score (nSPS) is 10.7. The number of nitrogens with zero attached hydrogens (tertiary/aromatic N) is 1. The molecule has 0 radical (unpaired) electrons. The molecule has 3 heteroatoms. The molecule has 0 saturated carbocycles. The molecular weight excluding hydrogens is 196 g/mol. The molecule has 2 nitrogen and oxygen atoms in total. The van der Waals surface area contributed by atoms with Gasteiger partial charge in [-0.25, -0.2) is 4.98 Å². The summed E-state index contributed by atoms with van der Waals surface area (Å²) in [5.74, 6) is 0. The molecule has 1 aromatic carbocycles. The third-order valence-electron chi connectivity index (χ3n) is 2.27. The average molecular weight is 207 g/mol. The Labute approximate surface area is 87.7 Å². The Kier molecular flexibility index (Phi) is 2.30. The van der Waals surface area contributed by atoms with E-state index in [2.05, 4.69) is 24.0 Å². The summed E-state index contributed by atoms with van der Waals surface area (Å²) in [5, 5.41) is 1.42. The summed E-state index contributed by atoms with van der Waals surface area (Å²) in [6.45, 7) is 2.12. The van der Waals surface area contributed by atoms with E-state index in [9.17, 15) is 0 Å². The first kappa shape index (κ1) is 9.28. The van der Waals surface area contributed by atoms with E-state index in [4.69, 9.17) is 17.3 Å². The van der Waals surface area contributed by atoms with Gasteiger partial charge in [0.1, 0.15) is 0 Å². The van der Waals surface area contributed by atoms with Crippen LogP contribution in [-0.2, 0) is 6.42 Å². The van der Waals surface area contributed by atoms with E-state index in [1.54, 1.807) is 0 Å². The fourth-order valence-corrected chi connectivity index (χ4v) is 1.58. The van der Waals surface area contributed by atoms with Crippen LogP contribution >= 0.6 is 11.6 Å². The molecule has 1 aromatic heterocycles. The Balaban J connectivity index is 2.70. The lowest BCUT2D eigenvalue weighted by molar-refractivity contribution is 1.14. The van der Waals surface area contributed by atoms with Crippen LogP contribution in [0.1, 0.15) is 12.5 Å². The summed E-state index contributed by atoms with van der Waals surface area (Å²) < 4.78 is 0. The van der Waals surface area contributed by atoms with Crippen LogP contribution in [0.15, 0.2) is 24.3 Å². The van der Waals surface area contributed by atoms with E-state index >= 15 is 0 Å². The van der Waals surface area contributed by atoms with Gasteiger partial charge in [0.25, 0.3) is 0 Å². The number of pyridine rings is 1. The number of nitrogen functional groups attached to an aromatic ring is 1. The molecule has 2 aromatic rings. The molecular formula is C11H11ClN2. The molecule has 0 aliphatic carbocycles. The monoisotopic (exact) mass is 206 g/mol. The quantitative estimate of drug-likeness (QED) is 0.729. The Bertz CT molecular complexity index is 480. The Morgan fingerprint density at radius 2 is 2.14 bits per heavy atom. The van der Waals surface area contributed by atoms with Gasteiger partial charge in [0.15, 0.2) is 5.15 Å². The van der Waals surface area contributed by atoms with Crippen molar-refractivity contribution in [3.05, 3.63) is 35.0 Å². The van der Waals surface area contributed by atoms with Crippen molar-refractivity contribution in [3.63, 3.8) is 0 Å². The van der Waals surface area contributed by atoms with Crippen molar-refractivity contribution in [1.29, 1.82) is 0 Å². The standard InChI is InChI=1S/C11H11ClN2/c1-2-7-3-4-10-8(5-7)6-9(13)11(12)14-10/h3-6H,2,13H2,1H3. The molecule has 0 fully saturated rings. The molecule has 2 N–H and O–H groups in total. The number of halogens is 1. The highest BCUT2D eigenvalue weighted by atomic mass is 35.5. The number of aromatic nitrogens is 1. The molecule has 1 heterocycles. The van der Waals surface area contributed by atoms with Crippen molar-refractivity contribution in [3.8, 4) is 0 Å². The van der Waals surface area contributed by atoms with E-state index in [-0.39, 0.29) is 0 Å². The topological polar surface area (TPSA) is 38.9 Å². The highest BCUT2D eigenvalue weighted by molar-refractivity contribution is 6.32. The van der Waals surface area contributed by atoms with E-state index in [1.807, 2.05) is 12.1 Å². The van der Waals surface area contributed by atoms with Crippen molar-refractivity contribution in [2.45, 2.75) is 13.3 Å². The van der Waals surface area contributed by atoms with E-state index in [0.29, 0.717) is 10.8 Å². The molecule has 0 unspecified atom stereocenters. The SMILES string of the molecule is CCc1ccc2nc(Cl)c(N)cc2c1.